The van der Waals surface area contributed by atoms with Crippen molar-refractivity contribution in [2.24, 2.45) is 0 Å². The Morgan fingerprint density at radius 1 is 1.06 bits per heavy atom. The second kappa shape index (κ2) is 5.51. The van der Waals surface area contributed by atoms with Crippen molar-refractivity contribution in [3.05, 3.63) is 49.9 Å². The highest BCUT2D eigenvalue weighted by molar-refractivity contribution is 9.11. The first-order valence-corrected chi connectivity index (χ1v) is 7.12. The van der Waals surface area contributed by atoms with Crippen LogP contribution in [0.15, 0.2) is 39.3 Å². The summed E-state index contributed by atoms with van der Waals surface area (Å²) in [7, 11) is 0. The van der Waals surface area contributed by atoms with Gasteiger partial charge in [-0.25, -0.2) is 0 Å². The number of benzene rings is 2. The molecule has 2 rings (SSSR count). The topological polar surface area (TPSA) is 35.2 Å². The second-order valence-corrected chi connectivity index (χ2v) is 5.96. The fraction of sp³-hybridized carbons (Fsp3) is 0.0769. The first-order chi connectivity index (χ1) is 8.47. The molecule has 0 fully saturated rings. The molecule has 2 aromatic carbocycles. The summed E-state index contributed by atoms with van der Waals surface area (Å²) in [4.78, 5) is 0. The summed E-state index contributed by atoms with van der Waals surface area (Å²) in [6, 6.07) is 9.02. The third kappa shape index (κ3) is 2.99. The predicted octanol–water partition coefficient (Wildman–Crippen LogP) is 5.55. The minimum atomic E-state index is 0.506. The molecule has 0 radical (unpaired) electrons. The number of rotatable bonds is 2. The van der Waals surface area contributed by atoms with E-state index in [4.69, 9.17) is 22.1 Å². The molecule has 94 valence electrons. The van der Waals surface area contributed by atoms with Gasteiger partial charge >= 0.3 is 0 Å². The molecule has 18 heavy (non-hydrogen) atoms. The van der Waals surface area contributed by atoms with E-state index in [9.17, 15) is 0 Å². The Balaban J connectivity index is 2.37. The van der Waals surface area contributed by atoms with E-state index in [2.05, 4.69) is 31.9 Å². The maximum Gasteiger partial charge on any atom is 0.150 e. The molecule has 2 N–H and O–H groups in total. The number of ether oxygens (including phenoxy) is 1. The van der Waals surface area contributed by atoms with Gasteiger partial charge < -0.3 is 10.5 Å². The molecule has 0 saturated carbocycles. The van der Waals surface area contributed by atoms with Crippen molar-refractivity contribution in [1.29, 1.82) is 0 Å². The summed E-state index contributed by atoms with van der Waals surface area (Å²) in [6.45, 7) is 2.01. The van der Waals surface area contributed by atoms with E-state index in [0.29, 0.717) is 22.2 Å². The molecule has 2 aromatic rings. The monoisotopic (exact) mass is 389 g/mol. The zero-order valence-electron chi connectivity index (χ0n) is 9.51. The largest absolute Gasteiger partial charge is 0.454 e. The molecule has 0 aromatic heterocycles. The molecule has 0 saturated heterocycles. The lowest BCUT2D eigenvalue weighted by Crippen LogP contribution is -1.93. The van der Waals surface area contributed by atoms with Gasteiger partial charge in [0.2, 0.25) is 0 Å². The van der Waals surface area contributed by atoms with Crippen molar-refractivity contribution < 1.29 is 4.74 Å². The van der Waals surface area contributed by atoms with Crippen LogP contribution in [0.2, 0.25) is 5.02 Å². The number of aryl methyl sites for hydroxylation is 1. The average Bonchev–Trinajstić information content (AvgIpc) is 2.29. The normalized spacial score (nSPS) is 10.4. The Labute approximate surface area is 127 Å². The highest BCUT2D eigenvalue weighted by Gasteiger charge is 2.08. The Kier molecular flexibility index (Phi) is 4.20. The van der Waals surface area contributed by atoms with Gasteiger partial charge in [0.1, 0.15) is 11.5 Å². The summed E-state index contributed by atoms with van der Waals surface area (Å²) >= 11 is 12.8. The van der Waals surface area contributed by atoms with E-state index in [1.165, 1.54) is 0 Å². The molecule has 0 unspecified atom stereocenters. The van der Waals surface area contributed by atoms with E-state index in [1.54, 1.807) is 18.2 Å². The molecular weight excluding hydrogens is 381 g/mol. The smallest absolute Gasteiger partial charge is 0.150 e. The van der Waals surface area contributed by atoms with Crippen molar-refractivity contribution in [3.8, 4) is 11.5 Å². The maximum absolute atomic E-state index is 5.85. The van der Waals surface area contributed by atoms with Crippen LogP contribution in [0.3, 0.4) is 0 Å². The van der Waals surface area contributed by atoms with E-state index < -0.39 is 0 Å². The molecule has 2 nitrogen and oxygen atoms in total. The molecule has 0 aliphatic rings. The van der Waals surface area contributed by atoms with E-state index in [1.807, 2.05) is 19.1 Å². The van der Waals surface area contributed by atoms with Crippen LogP contribution in [0.1, 0.15) is 5.56 Å². The van der Waals surface area contributed by atoms with Crippen molar-refractivity contribution in [1.82, 2.24) is 0 Å². The molecule has 0 bridgehead atoms. The molecule has 0 aliphatic carbocycles. The third-order valence-electron chi connectivity index (χ3n) is 2.40. The minimum Gasteiger partial charge on any atom is -0.454 e. The van der Waals surface area contributed by atoms with Gasteiger partial charge in [0.25, 0.3) is 0 Å². The van der Waals surface area contributed by atoms with Gasteiger partial charge in [0.05, 0.1) is 10.2 Å². The van der Waals surface area contributed by atoms with Crippen LogP contribution in [0.4, 0.5) is 5.69 Å². The van der Waals surface area contributed by atoms with Crippen LogP contribution in [-0.4, -0.2) is 0 Å². The van der Waals surface area contributed by atoms with Gasteiger partial charge in [0.15, 0.2) is 0 Å². The summed E-state index contributed by atoms with van der Waals surface area (Å²) in [5.74, 6) is 1.28. The van der Waals surface area contributed by atoms with Gasteiger partial charge in [-0.05, 0) is 58.7 Å². The molecule has 0 spiro atoms. The van der Waals surface area contributed by atoms with Crippen LogP contribution in [-0.2, 0) is 0 Å². The average molecular weight is 391 g/mol. The quantitative estimate of drug-likeness (QED) is 0.682. The highest BCUT2D eigenvalue weighted by atomic mass is 79.9. The fourth-order valence-corrected chi connectivity index (χ4v) is 2.48. The molecule has 0 amide bonds. The molecular formula is C13H10Br2ClNO. The van der Waals surface area contributed by atoms with E-state index >= 15 is 0 Å². The van der Waals surface area contributed by atoms with Crippen molar-refractivity contribution in [2.45, 2.75) is 6.92 Å². The first kappa shape index (κ1) is 13.7. The molecule has 5 heteroatoms. The lowest BCUT2D eigenvalue weighted by molar-refractivity contribution is 0.481. The van der Waals surface area contributed by atoms with Crippen molar-refractivity contribution in [2.75, 3.05) is 5.73 Å². The standard InChI is InChI=1S/C13H10Br2ClNO/c1-7-4-10(15)13(6-9(7)14)18-12-3-2-8(16)5-11(12)17/h2-6H,17H2,1H3. The number of nitrogens with two attached hydrogens (primary N) is 1. The van der Waals surface area contributed by atoms with Crippen LogP contribution in [0, 0.1) is 6.92 Å². The molecule has 0 aliphatic heterocycles. The van der Waals surface area contributed by atoms with Crippen LogP contribution in [0.5, 0.6) is 11.5 Å². The van der Waals surface area contributed by atoms with E-state index in [-0.39, 0.29) is 0 Å². The number of hydrogen-bond donors (Lipinski definition) is 1. The number of hydrogen-bond acceptors (Lipinski definition) is 2. The minimum absolute atomic E-state index is 0.506. The van der Waals surface area contributed by atoms with Gasteiger partial charge in [-0.2, -0.15) is 0 Å². The lowest BCUT2D eigenvalue weighted by Gasteiger charge is -2.11. The predicted molar refractivity (Wildman–Crippen MR) is 82.5 cm³/mol. The van der Waals surface area contributed by atoms with Crippen LogP contribution in [0.25, 0.3) is 0 Å². The Morgan fingerprint density at radius 3 is 2.44 bits per heavy atom. The summed E-state index contributed by atoms with van der Waals surface area (Å²) in [6.07, 6.45) is 0. The van der Waals surface area contributed by atoms with Gasteiger partial charge in [0, 0.05) is 9.50 Å². The SMILES string of the molecule is Cc1cc(Br)c(Oc2ccc(Cl)cc2N)cc1Br. The lowest BCUT2D eigenvalue weighted by atomic mass is 10.2. The van der Waals surface area contributed by atoms with Crippen molar-refractivity contribution >= 4 is 49.1 Å². The summed E-state index contributed by atoms with van der Waals surface area (Å²) in [5.41, 5.74) is 7.48. The van der Waals surface area contributed by atoms with Crippen LogP contribution >= 0.6 is 43.5 Å². The van der Waals surface area contributed by atoms with Crippen molar-refractivity contribution in [3.63, 3.8) is 0 Å². The molecule has 0 atom stereocenters. The maximum atomic E-state index is 5.85. The Hall–Kier alpha value is -0.710. The number of anilines is 1. The van der Waals surface area contributed by atoms with Crippen LogP contribution < -0.4 is 10.5 Å². The number of halogens is 3. The fourth-order valence-electron chi connectivity index (χ4n) is 1.44. The molecule has 0 heterocycles. The number of nitrogen functional groups attached to an aromatic ring is 1. The second-order valence-electron chi connectivity index (χ2n) is 3.82. The third-order valence-corrected chi connectivity index (χ3v) is 4.11. The first-order valence-electron chi connectivity index (χ1n) is 5.16. The van der Waals surface area contributed by atoms with Gasteiger partial charge in [-0.1, -0.05) is 27.5 Å². The zero-order valence-corrected chi connectivity index (χ0v) is 13.4. The highest BCUT2D eigenvalue weighted by Crippen LogP contribution is 2.36. The van der Waals surface area contributed by atoms with E-state index in [0.717, 1.165) is 14.5 Å². The Morgan fingerprint density at radius 2 is 1.78 bits per heavy atom. The summed E-state index contributed by atoms with van der Waals surface area (Å²) in [5, 5.41) is 0.587. The Bertz CT molecular complexity index is 602. The summed E-state index contributed by atoms with van der Waals surface area (Å²) < 4.78 is 7.62. The zero-order chi connectivity index (χ0) is 13.3. The van der Waals surface area contributed by atoms with Gasteiger partial charge in [-0.3, -0.25) is 0 Å². The van der Waals surface area contributed by atoms with Gasteiger partial charge in [-0.15, -0.1) is 0 Å².